The highest BCUT2D eigenvalue weighted by molar-refractivity contribution is 5.67. The molecule has 1 N–H and O–H groups in total. The van der Waals surface area contributed by atoms with Gasteiger partial charge in [0.1, 0.15) is 11.6 Å². The van der Waals surface area contributed by atoms with Gasteiger partial charge in [-0.2, -0.15) is 0 Å². The van der Waals surface area contributed by atoms with E-state index in [0.29, 0.717) is 12.2 Å². The van der Waals surface area contributed by atoms with Crippen LogP contribution >= 0.6 is 0 Å². The molecular formula is C13H13FN2O2. The molecule has 0 saturated heterocycles. The Balaban J connectivity index is 2.28. The van der Waals surface area contributed by atoms with Crippen molar-refractivity contribution in [3.63, 3.8) is 0 Å². The van der Waals surface area contributed by atoms with Crippen molar-refractivity contribution in [1.82, 2.24) is 9.55 Å². The van der Waals surface area contributed by atoms with Crippen LogP contribution in [-0.2, 0) is 18.3 Å². The van der Waals surface area contributed by atoms with E-state index in [1.807, 2.05) is 0 Å². The topological polar surface area (TPSA) is 55.1 Å². The third-order valence-electron chi connectivity index (χ3n) is 2.77. The van der Waals surface area contributed by atoms with Gasteiger partial charge in [-0.25, -0.2) is 9.37 Å². The van der Waals surface area contributed by atoms with Gasteiger partial charge in [0.25, 0.3) is 0 Å². The monoisotopic (exact) mass is 248 g/mol. The fraction of sp³-hybridized carbons (Fsp3) is 0.231. The van der Waals surface area contributed by atoms with E-state index in [1.165, 1.54) is 12.1 Å². The summed E-state index contributed by atoms with van der Waals surface area (Å²) in [5, 5.41) is 8.64. The first kappa shape index (κ1) is 12.3. The summed E-state index contributed by atoms with van der Waals surface area (Å²) in [5.41, 5.74) is 1.50. The van der Waals surface area contributed by atoms with Crippen LogP contribution in [0.15, 0.2) is 30.5 Å². The number of carboxylic acid groups (broad SMARTS) is 1. The summed E-state index contributed by atoms with van der Waals surface area (Å²) in [6, 6.07) is 6.23. The molecule has 0 amide bonds. The van der Waals surface area contributed by atoms with E-state index in [2.05, 4.69) is 4.98 Å². The summed E-state index contributed by atoms with van der Waals surface area (Å²) >= 11 is 0. The molecule has 1 aromatic carbocycles. The zero-order chi connectivity index (χ0) is 13.1. The minimum absolute atomic E-state index is 0.0352. The second-order valence-corrected chi connectivity index (χ2v) is 4.02. The molecule has 0 fully saturated rings. The van der Waals surface area contributed by atoms with Crippen molar-refractivity contribution < 1.29 is 14.3 Å². The number of benzene rings is 1. The predicted octanol–water partition coefficient (Wildman–Crippen LogP) is 2.24. The third-order valence-corrected chi connectivity index (χ3v) is 2.77. The molecule has 0 spiro atoms. The summed E-state index contributed by atoms with van der Waals surface area (Å²) in [5.74, 6) is -0.484. The zero-order valence-electron chi connectivity index (χ0n) is 9.93. The van der Waals surface area contributed by atoms with E-state index < -0.39 is 5.97 Å². The van der Waals surface area contributed by atoms with E-state index in [-0.39, 0.29) is 12.2 Å². The quantitative estimate of drug-likeness (QED) is 0.902. The molecule has 0 radical (unpaired) electrons. The van der Waals surface area contributed by atoms with Crippen molar-refractivity contribution in [1.29, 1.82) is 0 Å². The average Bonchev–Trinajstić information content (AvgIpc) is 2.68. The van der Waals surface area contributed by atoms with E-state index in [4.69, 9.17) is 5.11 Å². The molecule has 0 bridgehead atoms. The average molecular weight is 248 g/mol. The van der Waals surface area contributed by atoms with Crippen LogP contribution < -0.4 is 0 Å². The van der Waals surface area contributed by atoms with Crippen LogP contribution in [0.2, 0.25) is 0 Å². The summed E-state index contributed by atoms with van der Waals surface area (Å²) in [6.07, 6.45) is 2.03. The van der Waals surface area contributed by atoms with Gasteiger partial charge in [0.2, 0.25) is 0 Å². The Morgan fingerprint density at radius 3 is 2.94 bits per heavy atom. The zero-order valence-corrected chi connectivity index (χ0v) is 9.93. The minimum atomic E-state index is -0.856. The number of imidazole rings is 1. The first-order valence-electron chi connectivity index (χ1n) is 5.56. The van der Waals surface area contributed by atoms with E-state index in [9.17, 15) is 9.18 Å². The van der Waals surface area contributed by atoms with Crippen LogP contribution in [0.1, 0.15) is 12.2 Å². The molecule has 0 saturated carbocycles. The Labute approximate surface area is 104 Å². The van der Waals surface area contributed by atoms with Crippen LogP contribution in [0, 0.1) is 5.82 Å². The number of halogens is 1. The van der Waals surface area contributed by atoms with Crippen LogP contribution in [0.3, 0.4) is 0 Å². The Hall–Kier alpha value is -2.17. The number of aryl methyl sites for hydroxylation is 1. The van der Waals surface area contributed by atoms with Crippen molar-refractivity contribution in [2.75, 3.05) is 0 Å². The molecule has 94 valence electrons. The van der Waals surface area contributed by atoms with Crippen LogP contribution in [0.5, 0.6) is 0 Å². The maximum Gasteiger partial charge on any atom is 0.303 e. The lowest BCUT2D eigenvalue weighted by atomic mass is 10.1. The van der Waals surface area contributed by atoms with Crippen molar-refractivity contribution in [3.05, 3.63) is 42.1 Å². The molecule has 1 heterocycles. The Kier molecular flexibility index (Phi) is 3.41. The van der Waals surface area contributed by atoms with E-state index in [1.54, 1.807) is 29.9 Å². The molecule has 0 aliphatic carbocycles. The number of nitrogens with zero attached hydrogens (tertiary/aromatic N) is 2. The summed E-state index contributed by atoms with van der Waals surface area (Å²) in [7, 11) is 1.80. The van der Waals surface area contributed by atoms with Crippen LogP contribution in [0.25, 0.3) is 11.3 Å². The lowest BCUT2D eigenvalue weighted by Gasteiger charge is -2.05. The number of carbonyl (C=O) groups is 1. The predicted molar refractivity (Wildman–Crippen MR) is 64.6 cm³/mol. The first-order chi connectivity index (χ1) is 8.58. The standard InChI is InChI=1S/C13H13FN2O2/c1-16-11(9-3-2-4-10(14)7-9)8-15-12(16)5-6-13(17)18/h2-4,7-8H,5-6H2,1H3,(H,17,18). The van der Waals surface area contributed by atoms with Crippen LogP contribution in [0.4, 0.5) is 4.39 Å². The van der Waals surface area contributed by atoms with Crippen molar-refractivity contribution in [2.45, 2.75) is 12.8 Å². The van der Waals surface area contributed by atoms with Gasteiger partial charge in [0.15, 0.2) is 0 Å². The van der Waals surface area contributed by atoms with Crippen LogP contribution in [-0.4, -0.2) is 20.6 Å². The molecule has 5 heteroatoms. The Morgan fingerprint density at radius 2 is 2.28 bits per heavy atom. The second kappa shape index (κ2) is 5.00. The van der Waals surface area contributed by atoms with Crippen molar-refractivity contribution >= 4 is 5.97 Å². The maximum atomic E-state index is 13.1. The first-order valence-corrected chi connectivity index (χ1v) is 5.56. The Morgan fingerprint density at radius 1 is 1.50 bits per heavy atom. The molecule has 4 nitrogen and oxygen atoms in total. The number of hydrogen-bond donors (Lipinski definition) is 1. The van der Waals surface area contributed by atoms with Gasteiger partial charge in [-0.05, 0) is 12.1 Å². The molecule has 0 unspecified atom stereocenters. The van der Waals surface area contributed by atoms with Gasteiger partial charge in [-0.15, -0.1) is 0 Å². The lowest BCUT2D eigenvalue weighted by Crippen LogP contribution is -2.04. The Bertz CT molecular complexity index is 578. The third kappa shape index (κ3) is 2.56. The summed E-state index contributed by atoms with van der Waals surface area (Å²) in [4.78, 5) is 14.7. The number of carboxylic acids is 1. The fourth-order valence-electron chi connectivity index (χ4n) is 1.81. The minimum Gasteiger partial charge on any atom is -0.481 e. The fourth-order valence-corrected chi connectivity index (χ4v) is 1.81. The number of rotatable bonds is 4. The van der Waals surface area contributed by atoms with Gasteiger partial charge in [-0.1, -0.05) is 12.1 Å². The largest absolute Gasteiger partial charge is 0.481 e. The SMILES string of the molecule is Cn1c(-c2cccc(F)c2)cnc1CCC(=O)O. The number of aliphatic carboxylic acids is 1. The van der Waals surface area contributed by atoms with Gasteiger partial charge in [-0.3, -0.25) is 4.79 Å². The van der Waals surface area contributed by atoms with E-state index >= 15 is 0 Å². The van der Waals surface area contributed by atoms with Gasteiger partial charge in [0.05, 0.1) is 18.3 Å². The second-order valence-electron chi connectivity index (χ2n) is 4.02. The molecule has 0 aliphatic heterocycles. The lowest BCUT2D eigenvalue weighted by molar-refractivity contribution is -0.137. The highest BCUT2D eigenvalue weighted by Gasteiger charge is 2.10. The highest BCUT2D eigenvalue weighted by atomic mass is 19.1. The molecule has 0 aliphatic rings. The summed E-state index contributed by atoms with van der Waals surface area (Å²) in [6.45, 7) is 0. The molecule has 2 rings (SSSR count). The smallest absolute Gasteiger partial charge is 0.303 e. The van der Waals surface area contributed by atoms with Gasteiger partial charge in [0, 0.05) is 19.0 Å². The molecule has 2 aromatic rings. The maximum absolute atomic E-state index is 13.1. The van der Waals surface area contributed by atoms with E-state index in [0.717, 1.165) is 11.3 Å². The molecule has 1 aromatic heterocycles. The molecule has 18 heavy (non-hydrogen) atoms. The van der Waals surface area contributed by atoms with Gasteiger partial charge >= 0.3 is 5.97 Å². The van der Waals surface area contributed by atoms with Gasteiger partial charge < -0.3 is 9.67 Å². The highest BCUT2D eigenvalue weighted by Crippen LogP contribution is 2.21. The number of aromatic nitrogens is 2. The van der Waals surface area contributed by atoms with Crippen molar-refractivity contribution in [2.24, 2.45) is 7.05 Å². The van der Waals surface area contributed by atoms with Crippen molar-refractivity contribution in [3.8, 4) is 11.3 Å². The number of hydrogen-bond acceptors (Lipinski definition) is 2. The molecular weight excluding hydrogens is 235 g/mol. The molecule has 0 atom stereocenters. The summed E-state index contributed by atoms with van der Waals surface area (Å²) < 4.78 is 14.9. The normalized spacial score (nSPS) is 10.6.